The molecule has 0 N–H and O–H groups in total. The zero-order valence-electron chi connectivity index (χ0n) is 17.7. The molecule has 1 aliphatic carbocycles. The van der Waals surface area contributed by atoms with E-state index in [1.165, 1.54) is 46.4 Å². The molecule has 1 heteroatoms. The van der Waals surface area contributed by atoms with Gasteiger partial charge in [0.25, 0.3) is 0 Å². The maximum Gasteiger partial charge on any atom is 0.213 e. The Morgan fingerprint density at radius 3 is 2.30 bits per heavy atom. The van der Waals surface area contributed by atoms with Gasteiger partial charge in [-0.05, 0) is 59.9 Å². The lowest BCUT2D eigenvalue weighted by molar-refractivity contribution is -0.660. The van der Waals surface area contributed by atoms with Crippen LogP contribution in [0.3, 0.4) is 0 Å². The summed E-state index contributed by atoms with van der Waals surface area (Å²) in [6.45, 7) is 4.47. The van der Waals surface area contributed by atoms with E-state index in [0.29, 0.717) is 0 Å². The monoisotopic (exact) mass is 357 g/mol. The van der Waals surface area contributed by atoms with Crippen molar-refractivity contribution in [2.45, 2.75) is 45.4 Å². The maximum atomic E-state index is 8.92. The molecule has 0 spiro atoms. The van der Waals surface area contributed by atoms with Gasteiger partial charge in [0.1, 0.15) is 7.05 Å². The molecule has 3 aromatic rings. The summed E-state index contributed by atoms with van der Waals surface area (Å²) in [5.41, 5.74) is 7.38. The number of benzene rings is 2. The number of aryl methyl sites for hydroxylation is 2. The quantitative estimate of drug-likeness (QED) is 0.474. The molecule has 1 aromatic heterocycles. The normalized spacial score (nSPS) is 23.1. The fraction of sp³-hybridized carbons (Fsp3) is 0.346. The fourth-order valence-electron chi connectivity index (χ4n) is 4.17. The standard InChI is InChI=1S/C26H30N/c1-19-8-10-21(11-9-19)22-12-14-23(15-13-22)24-16-17-27(3)26(18-24)25-7-5-4-6-20(25)2/h4-7,12-19,21H,8-11H2,1-3H3/q+1/i21D. The van der Waals surface area contributed by atoms with Gasteiger partial charge in [0, 0.05) is 19.1 Å². The third-order valence-electron chi connectivity index (χ3n) is 6.08. The van der Waals surface area contributed by atoms with Crippen molar-refractivity contribution in [3.63, 3.8) is 0 Å². The third-order valence-corrected chi connectivity index (χ3v) is 6.08. The van der Waals surface area contributed by atoms with E-state index in [4.69, 9.17) is 1.37 Å². The largest absolute Gasteiger partial charge is 0.213 e. The summed E-state index contributed by atoms with van der Waals surface area (Å²) in [6, 6.07) is 21.7. The predicted molar refractivity (Wildman–Crippen MR) is 114 cm³/mol. The molecule has 1 nitrogen and oxygen atoms in total. The summed E-state index contributed by atoms with van der Waals surface area (Å²) in [5, 5.41) is 0. The van der Waals surface area contributed by atoms with E-state index in [-0.39, 0.29) is 0 Å². The molecule has 0 amide bonds. The first-order valence-electron chi connectivity index (χ1n) is 10.6. The van der Waals surface area contributed by atoms with E-state index in [1.807, 2.05) is 0 Å². The molecule has 0 aliphatic heterocycles. The van der Waals surface area contributed by atoms with E-state index in [9.17, 15) is 0 Å². The van der Waals surface area contributed by atoms with Crippen molar-refractivity contribution >= 4 is 0 Å². The van der Waals surface area contributed by atoms with Crippen LogP contribution in [0.2, 0.25) is 0 Å². The Bertz CT molecular complexity index is 966. The molecule has 4 rings (SSSR count). The van der Waals surface area contributed by atoms with Gasteiger partial charge in [-0.15, -0.1) is 0 Å². The molecule has 1 aliphatic rings. The summed E-state index contributed by atoms with van der Waals surface area (Å²) in [7, 11) is 2.10. The molecule has 0 atom stereocenters. The Balaban J connectivity index is 1.65. The summed E-state index contributed by atoms with van der Waals surface area (Å²) in [5.74, 6) is 0.364. The second kappa shape index (κ2) is 7.68. The van der Waals surface area contributed by atoms with E-state index < -0.39 is 5.89 Å². The Labute approximate surface area is 165 Å². The zero-order chi connectivity index (χ0) is 19.7. The lowest BCUT2D eigenvalue weighted by Crippen LogP contribution is -2.30. The van der Waals surface area contributed by atoms with Gasteiger partial charge in [-0.3, -0.25) is 0 Å². The minimum atomic E-state index is -0.402. The van der Waals surface area contributed by atoms with Crippen LogP contribution in [-0.4, -0.2) is 0 Å². The number of nitrogens with zero attached hydrogens (tertiary/aromatic N) is 1. The van der Waals surface area contributed by atoms with E-state index in [1.54, 1.807) is 0 Å². The highest BCUT2D eigenvalue weighted by atomic mass is 14.9. The Hall–Kier alpha value is -2.41. The summed E-state index contributed by atoms with van der Waals surface area (Å²) >= 11 is 0. The molecule has 2 aromatic carbocycles. The summed E-state index contributed by atoms with van der Waals surface area (Å²) in [6.07, 6.45) is 6.43. The van der Waals surface area contributed by atoms with Gasteiger partial charge >= 0.3 is 0 Å². The minimum absolute atomic E-state index is 0.402. The number of rotatable bonds is 3. The van der Waals surface area contributed by atoms with Crippen LogP contribution in [0.1, 0.15) is 51.0 Å². The van der Waals surface area contributed by atoms with Gasteiger partial charge in [-0.2, -0.15) is 0 Å². The molecule has 1 saturated carbocycles. The van der Waals surface area contributed by atoms with Crippen LogP contribution in [0.15, 0.2) is 66.9 Å². The van der Waals surface area contributed by atoms with Crippen molar-refractivity contribution in [3.05, 3.63) is 78.0 Å². The Morgan fingerprint density at radius 2 is 1.59 bits per heavy atom. The van der Waals surface area contributed by atoms with Gasteiger partial charge in [-0.1, -0.05) is 62.2 Å². The number of aromatic nitrogens is 1. The van der Waals surface area contributed by atoms with Crippen LogP contribution in [0.25, 0.3) is 22.4 Å². The van der Waals surface area contributed by atoms with Crippen LogP contribution in [0, 0.1) is 12.8 Å². The first-order valence-corrected chi connectivity index (χ1v) is 10.1. The first kappa shape index (κ1) is 16.7. The lowest BCUT2D eigenvalue weighted by atomic mass is 9.79. The Kier molecular flexibility index (Phi) is 4.76. The molecule has 0 bridgehead atoms. The molecule has 0 unspecified atom stereocenters. The van der Waals surface area contributed by atoms with E-state index in [0.717, 1.165) is 18.8 Å². The summed E-state index contributed by atoms with van der Waals surface area (Å²) in [4.78, 5) is 0. The van der Waals surface area contributed by atoms with Gasteiger partial charge in [-0.25, -0.2) is 4.57 Å². The van der Waals surface area contributed by atoms with Crippen molar-refractivity contribution in [2.24, 2.45) is 13.0 Å². The second-order valence-electron chi connectivity index (χ2n) is 8.09. The summed E-state index contributed by atoms with van der Waals surface area (Å²) < 4.78 is 11.1. The zero-order valence-corrected chi connectivity index (χ0v) is 16.7. The topological polar surface area (TPSA) is 3.88 Å². The van der Waals surface area contributed by atoms with Crippen LogP contribution in [0.5, 0.6) is 0 Å². The van der Waals surface area contributed by atoms with Gasteiger partial charge < -0.3 is 0 Å². The van der Waals surface area contributed by atoms with Crippen LogP contribution in [-0.2, 0) is 7.05 Å². The number of pyridine rings is 1. The third kappa shape index (κ3) is 3.83. The Morgan fingerprint density at radius 1 is 0.889 bits per heavy atom. The molecule has 0 radical (unpaired) electrons. The van der Waals surface area contributed by atoms with E-state index >= 15 is 0 Å². The van der Waals surface area contributed by atoms with Gasteiger partial charge in [0.2, 0.25) is 5.69 Å². The number of hydrogen-bond acceptors (Lipinski definition) is 0. The van der Waals surface area contributed by atoms with Crippen molar-refractivity contribution in [1.29, 1.82) is 0 Å². The highest BCUT2D eigenvalue weighted by Gasteiger charge is 2.20. The maximum absolute atomic E-state index is 8.92. The minimum Gasteiger partial charge on any atom is -0.201 e. The van der Waals surface area contributed by atoms with E-state index in [2.05, 4.69) is 92.3 Å². The van der Waals surface area contributed by atoms with Crippen molar-refractivity contribution in [2.75, 3.05) is 0 Å². The van der Waals surface area contributed by atoms with Crippen LogP contribution in [0.4, 0.5) is 0 Å². The highest BCUT2D eigenvalue weighted by molar-refractivity contribution is 5.70. The van der Waals surface area contributed by atoms with Crippen molar-refractivity contribution < 1.29 is 5.94 Å². The van der Waals surface area contributed by atoms with Crippen LogP contribution < -0.4 is 4.57 Å². The molecular formula is C26H30N+. The first-order chi connectivity index (χ1) is 13.5. The van der Waals surface area contributed by atoms with Crippen molar-refractivity contribution in [1.82, 2.24) is 0 Å². The molecule has 1 heterocycles. The molecule has 1 fully saturated rings. The molecule has 138 valence electrons. The smallest absolute Gasteiger partial charge is 0.201 e. The second-order valence-corrected chi connectivity index (χ2v) is 8.09. The fourth-order valence-corrected chi connectivity index (χ4v) is 4.17. The highest BCUT2D eigenvalue weighted by Crippen LogP contribution is 2.36. The predicted octanol–water partition coefficient (Wildman–Crippen LogP) is 6.45. The molecule has 27 heavy (non-hydrogen) atoms. The molecular weight excluding hydrogens is 326 g/mol. The van der Waals surface area contributed by atoms with Crippen LogP contribution >= 0.6 is 0 Å². The average Bonchev–Trinajstić information content (AvgIpc) is 2.71. The van der Waals surface area contributed by atoms with Crippen molar-refractivity contribution in [3.8, 4) is 22.4 Å². The average molecular weight is 358 g/mol. The SMILES string of the molecule is [2H]C1(c2ccc(-c3cc[n+](C)c(-c4ccccc4C)c3)cc2)CCC(C)CC1. The van der Waals surface area contributed by atoms with Gasteiger partial charge in [0.15, 0.2) is 6.20 Å². The number of hydrogen-bond donors (Lipinski definition) is 0. The molecule has 0 saturated heterocycles. The van der Waals surface area contributed by atoms with Gasteiger partial charge in [0.05, 0.1) is 0 Å². The lowest BCUT2D eigenvalue weighted by Gasteiger charge is -2.26.